The van der Waals surface area contributed by atoms with Crippen molar-refractivity contribution in [2.45, 2.75) is 39.0 Å². The quantitative estimate of drug-likeness (QED) is 0.461. The van der Waals surface area contributed by atoms with Crippen LogP contribution < -0.4 is 0 Å². The number of hydrogen-bond donors (Lipinski definition) is 0. The van der Waals surface area contributed by atoms with Gasteiger partial charge in [0.25, 0.3) is 0 Å². The topological polar surface area (TPSA) is 0 Å². The Morgan fingerprint density at radius 3 is 1.20 bits per heavy atom. The number of hydrogen-bond acceptors (Lipinski definition) is 0. The van der Waals surface area contributed by atoms with Crippen LogP contribution in [0.25, 0.3) is 0 Å². The molecular formula is C8H12F2. The number of halogens is 2. The molecule has 0 aromatic rings. The molecule has 0 aromatic carbocycles. The lowest BCUT2D eigenvalue weighted by Gasteiger charge is -2.46. The van der Waals surface area contributed by atoms with Crippen LogP contribution in [-0.4, -0.2) is 11.3 Å². The van der Waals surface area contributed by atoms with Gasteiger partial charge in [-0.2, -0.15) is 0 Å². The fourth-order valence-electron chi connectivity index (χ4n) is 1.35. The van der Waals surface area contributed by atoms with Gasteiger partial charge in [-0.15, -0.1) is 0 Å². The lowest BCUT2D eigenvalue weighted by molar-refractivity contribution is 0.00732. The zero-order valence-electron chi connectivity index (χ0n) is 6.76. The van der Waals surface area contributed by atoms with E-state index in [9.17, 15) is 8.78 Å². The van der Waals surface area contributed by atoms with Crippen molar-refractivity contribution in [2.75, 3.05) is 0 Å². The van der Waals surface area contributed by atoms with Crippen LogP contribution in [0.15, 0.2) is 11.1 Å². The van der Waals surface area contributed by atoms with Crippen LogP contribution in [0.1, 0.15) is 27.7 Å². The molecule has 0 amide bonds. The maximum Gasteiger partial charge on any atom is 0.166 e. The van der Waals surface area contributed by atoms with Gasteiger partial charge in [-0.3, -0.25) is 0 Å². The molecule has 10 heavy (non-hydrogen) atoms. The van der Waals surface area contributed by atoms with E-state index in [4.69, 9.17) is 0 Å². The van der Waals surface area contributed by atoms with E-state index in [1.165, 1.54) is 13.8 Å². The number of allylic oxidation sites excluding steroid dienone is 2. The van der Waals surface area contributed by atoms with Crippen LogP contribution >= 0.6 is 0 Å². The van der Waals surface area contributed by atoms with Crippen LogP contribution in [-0.2, 0) is 0 Å². The Labute approximate surface area is 59.9 Å². The van der Waals surface area contributed by atoms with E-state index in [1.807, 2.05) is 0 Å². The molecule has 0 fully saturated rings. The normalized spacial score (nSPS) is 47.4. The minimum atomic E-state index is -1.74. The Kier molecular flexibility index (Phi) is 1.24. The summed E-state index contributed by atoms with van der Waals surface area (Å²) in [5.74, 6) is 0. The van der Waals surface area contributed by atoms with Crippen LogP contribution in [0, 0.1) is 0 Å². The van der Waals surface area contributed by atoms with Gasteiger partial charge in [0.15, 0.2) is 11.3 Å². The van der Waals surface area contributed by atoms with Crippen LogP contribution in [0.4, 0.5) is 8.78 Å². The van der Waals surface area contributed by atoms with Gasteiger partial charge in [0.2, 0.25) is 0 Å². The van der Waals surface area contributed by atoms with Crippen molar-refractivity contribution >= 4 is 0 Å². The molecule has 0 saturated heterocycles. The zero-order valence-corrected chi connectivity index (χ0v) is 6.76. The molecule has 58 valence electrons. The first kappa shape index (κ1) is 7.70. The Balaban J connectivity index is 3.10. The van der Waals surface area contributed by atoms with Crippen LogP contribution in [0.5, 0.6) is 0 Å². The first-order chi connectivity index (χ1) is 4.32. The van der Waals surface area contributed by atoms with Crippen LogP contribution in [0.2, 0.25) is 0 Å². The van der Waals surface area contributed by atoms with Crippen molar-refractivity contribution in [3.63, 3.8) is 0 Å². The van der Waals surface area contributed by atoms with Gasteiger partial charge in [0, 0.05) is 0 Å². The van der Waals surface area contributed by atoms with E-state index in [2.05, 4.69) is 0 Å². The molecule has 2 atom stereocenters. The van der Waals surface area contributed by atoms with Crippen LogP contribution in [0.3, 0.4) is 0 Å². The summed E-state index contributed by atoms with van der Waals surface area (Å²) in [6, 6.07) is 0. The average molecular weight is 146 g/mol. The van der Waals surface area contributed by atoms with Crippen molar-refractivity contribution in [3.05, 3.63) is 11.1 Å². The molecule has 0 bridgehead atoms. The van der Waals surface area contributed by atoms with E-state index in [0.29, 0.717) is 11.1 Å². The molecule has 0 heterocycles. The monoisotopic (exact) mass is 146 g/mol. The molecule has 1 aliphatic rings. The second-order valence-corrected chi connectivity index (χ2v) is 3.26. The molecule has 0 aliphatic heterocycles. The van der Waals surface area contributed by atoms with Gasteiger partial charge in [-0.25, -0.2) is 8.78 Å². The van der Waals surface area contributed by atoms with Gasteiger partial charge in [-0.05, 0) is 38.8 Å². The third-order valence-corrected chi connectivity index (χ3v) is 2.85. The van der Waals surface area contributed by atoms with E-state index >= 15 is 0 Å². The maximum atomic E-state index is 13.2. The Hall–Kier alpha value is -0.400. The molecule has 0 unspecified atom stereocenters. The predicted molar refractivity (Wildman–Crippen MR) is 37.4 cm³/mol. The summed E-state index contributed by atoms with van der Waals surface area (Å²) in [5, 5.41) is 0. The Morgan fingerprint density at radius 1 is 0.900 bits per heavy atom. The third kappa shape index (κ3) is 0.547. The molecule has 1 aliphatic carbocycles. The summed E-state index contributed by atoms with van der Waals surface area (Å²) in [6.07, 6.45) is 0. The molecule has 0 N–H and O–H groups in total. The standard InChI is InChI=1S/C8H12F2/c1-5-6(2)8(4,10)7(5,3)9/h1-4H3/t7-,8+. The first-order valence-electron chi connectivity index (χ1n) is 3.38. The summed E-state index contributed by atoms with van der Waals surface area (Å²) >= 11 is 0. The largest absolute Gasteiger partial charge is 0.235 e. The molecule has 0 nitrogen and oxygen atoms in total. The van der Waals surface area contributed by atoms with E-state index in [0.717, 1.165) is 0 Å². The van der Waals surface area contributed by atoms with Gasteiger partial charge in [0.05, 0.1) is 0 Å². The maximum absolute atomic E-state index is 13.2. The lowest BCUT2D eigenvalue weighted by Crippen LogP contribution is -2.54. The Morgan fingerprint density at radius 2 is 1.10 bits per heavy atom. The van der Waals surface area contributed by atoms with E-state index in [-0.39, 0.29) is 0 Å². The van der Waals surface area contributed by atoms with Gasteiger partial charge < -0.3 is 0 Å². The average Bonchev–Trinajstić information content (AvgIpc) is 1.84. The second-order valence-electron chi connectivity index (χ2n) is 3.26. The van der Waals surface area contributed by atoms with Crippen molar-refractivity contribution in [3.8, 4) is 0 Å². The van der Waals surface area contributed by atoms with Gasteiger partial charge >= 0.3 is 0 Å². The third-order valence-electron chi connectivity index (χ3n) is 2.85. The molecule has 0 radical (unpaired) electrons. The van der Waals surface area contributed by atoms with Crippen molar-refractivity contribution in [1.82, 2.24) is 0 Å². The summed E-state index contributed by atoms with van der Waals surface area (Å²) < 4.78 is 26.4. The SMILES string of the molecule is CC1=C(C)[C@@](C)(F)[C@@]1(C)F. The molecular weight excluding hydrogens is 134 g/mol. The fraction of sp³-hybridized carbons (Fsp3) is 0.750. The van der Waals surface area contributed by atoms with E-state index < -0.39 is 11.3 Å². The molecule has 1 rings (SSSR count). The number of alkyl halides is 2. The van der Waals surface area contributed by atoms with Gasteiger partial charge in [-0.1, -0.05) is 0 Å². The van der Waals surface area contributed by atoms with E-state index in [1.54, 1.807) is 13.8 Å². The summed E-state index contributed by atoms with van der Waals surface area (Å²) in [4.78, 5) is 0. The molecule has 0 saturated carbocycles. The Bertz CT molecular complexity index is 177. The summed E-state index contributed by atoms with van der Waals surface area (Å²) in [5.41, 5.74) is -2.40. The highest BCUT2D eigenvalue weighted by atomic mass is 19.2. The number of rotatable bonds is 0. The second kappa shape index (κ2) is 1.60. The smallest absolute Gasteiger partial charge is 0.166 e. The predicted octanol–water partition coefficient (Wildman–Crippen LogP) is 2.79. The van der Waals surface area contributed by atoms with Gasteiger partial charge in [0.1, 0.15) is 0 Å². The summed E-state index contributed by atoms with van der Waals surface area (Å²) in [7, 11) is 0. The highest BCUT2D eigenvalue weighted by Gasteiger charge is 2.57. The fourth-order valence-corrected chi connectivity index (χ4v) is 1.35. The minimum absolute atomic E-state index is 0.539. The molecule has 2 heteroatoms. The first-order valence-corrected chi connectivity index (χ1v) is 3.38. The van der Waals surface area contributed by atoms with Crippen molar-refractivity contribution < 1.29 is 8.78 Å². The molecule has 0 spiro atoms. The summed E-state index contributed by atoms with van der Waals surface area (Å²) in [6.45, 7) is 5.85. The minimum Gasteiger partial charge on any atom is -0.235 e. The lowest BCUT2D eigenvalue weighted by atomic mass is 9.66. The highest BCUT2D eigenvalue weighted by molar-refractivity contribution is 5.44. The molecule has 0 aromatic heterocycles. The highest BCUT2D eigenvalue weighted by Crippen LogP contribution is 2.52. The van der Waals surface area contributed by atoms with Crippen molar-refractivity contribution in [2.24, 2.45) is 0 Å². The zero-order chi connectivity index (χ0) is 8.15. The van der Waals surface area contributed by atoms with Crippen molar-refractivity contribution in [1.29, 1.82) is 0 Å².